The minimum atomic E-state index is 0.256. The molecule has 0 bridgehead atoms. The van der Waals surface area contributed by atoms with Crippen molar-refractivity contribution in [3.63, 3.8) is 0 Å². The van der Waals surface area contributed by atoms with Crippen LogP contribution in [0.1, 0.15) is 39.0 Å². The van der Waals surface area contributed by atoms with Gasteiger partial charge in [-0.3, -0.25) is 4.79 Å². The van der Waals surface area contributed by atoms with Crippen LogP contribution in [0.3, 0.4) is 0 Å². The highest BCUT2D eigenvalue weighted by Crippen LogP contribution is 2.40. The first-order valence-electron chi connectivity index (χ1n) is 7.21. The van der Waals surface area contributed by atoms with Crippen LogP contribution in [-0.2, 0) is 4.79 Å². The first-order valence-corrected chi connectivity index (χ1v) is 7.21. The SMILES string of the molecule is CC(C(=O)N1CC2CCCC(N)C2C1)C1CC1. The van der Waals surface area contributed by atoms with Crippen LogP contribution in [0.5, 0.6) is 0 Å². The normalized spacial score (nSPS) is 38.9. The van der Waals surface area contributed by atoms with E-state index in [0.717, 1.165) is 19.5 Å². The molecule has 3 nitrogen and oxygen atoms in total. The molecule has 1 heterocycles. The predicted octanol–water partition coefficient (Wildman–Crippen LogP) is 1.62. The number of hydrogen-bond donors (Lipinski definition) is 1. The van der Waals surface area contributed by atoms with Gasteiger partial charge in [-0.1, -0.05) is 13.3 Å². The van der Waals surface area contributed by atoms with E-state index in [1.807, 2.05) is 0 Å². The Morgan fingerprint density at radius 3 is 2.65 bits per heavy atom. The average molecular weight is 236 g/mol. The van der Waals surface area contributed by atoms with Gasteiger partial charge in [-0.05, 0) is 43.4 Å². The highest BCUT2D eigenvalue weighted by Gasteiger charge is 2.43. The maximum absolute atomic E-state index is 12.4. The second kappa shape index (κ2) is 4.27. The number of hydrogen-bond acceptors (Lipinski definition) is 2. The summed E-state index contributed by atoms with van der Waals surface area (Å²) >= 11 is 0. The summed E-state index contributed by atoms with van der Waals surface area (Å²) < 4.78 is 0. The zero-order valence-corrected chi connectivity index (χ0v) is 10.8. The number of fused-ring (bicyclic) bond motifs is 1. The van der Waals surface area contributed by atoms with Gasteiger partial charge >= 0.3 is 0 Å². The minimum Gasteiger partial charge on any atom is -0.342 e. The fraction of sp³-hybridized carbons (Fsp3) is 0.929. The van der Waals surface area contributed by atoms with Gasteiger partial charge in [0.15, 0.2) is 0 Å². The second-order valence-corrected chi connectivity index (χ2v) is 6.39. The molecule has 2 saturated carbocycles. The van der Waals surface area contributed by atoms with E-state index in [-0.39, 0.29) is 5.92 Å². The lowest BCUT2D eigenvalue weighted by Crippen LogP contribution is -2.39. The van der Waals surface area contributed by atoms with Gasteiger partial charge in [0.25, 0.3) is 0 Å². The van der Waals surface area contributed by atoms with Crippen LogP contribution in [0.2, 0.25) is 0 Å². The van der Waals surface area contributed by atoms with E-state index in [2.05, 4.69) is 11.8 Å². The quantitative estimate of drug-likeness (QED) is 0.792. The molecule has 3 rings (SSSR count). The topological polar surface area (TPSA) is 46.3 Å². The van der Waals surface area contributed by atoms with E-state index in [1.54, 1.807) is 0 Å². The summed E-state index contributed by atoms with van der Waals surface area (Å²) in [4.78, 5) is 14.5. The Hall–Kier alpha value is -0.570. The number of nitrogens with zero attached hydrogens (tertiary/aromatic N) is 1. The maximum atomic E-state index is 12.4. The summed E-state index contributed by atoms with van der Waals surface area (Å²) in [6.07, 6.45) is 6.20. The van der Waals surface area contributed by atoms with E-state index in [4.69, 9.17) is 5.73 Å². The summed E-state index contributed by atoms with van der Waals surface area (Å²) in [5, 5.41) is 0. The molecular formula is C14H24N2O. The molecule has 4 atom stereocenters. The van der Waals surface area contributed by atoms with Crippen LogP contribution in [-0.4, -0.2) is 29.9 Å². The highest BCUT2D eigenvalue weighted by atomic mass is 16.2. The molecule has 4 unspecified atom stereocenters. The van der Waals surface area contributed by atoms with Crippen LogP contribution < -0.4 is 5.73 Å². The molecule has 2 N–H and O–H groups in total. The molecule has 17 heavy (non-hydrogen) atoms. The van der Waals surface area contributed by atoms with E-state index < -0.39 is 0 Å². The smallest absolute Gasteiger partial charge is 0.225 e. The molecule has 0 aromatic carbocycles. The second-order valence-electron chi connectivity index (χ2n) is 6.39. The van der Waals surface area contributed by atoms with Gasteiger partial charge in [0, 0.05) is 25.0 Å². The average Bonchev–Trinajstić information content (AvgIpc) is 3.07. The molecule has 3 fully saturated rings. The van der Waals surface area contributed by atoms with Crippen LogP contribution in [0.4, 0.5) is 0 Å². The Bertz CT molecular complexity index is 313. The Kier molecular flexibility index (Phi) is 2.89. The number of likely N-dealkylation sites (tertiary alicyclic amines) is 1. The van der Waals surface area contributed by atoms with Gasteiger partial charge in [0.05, 0.1) is 0 Å². The lowest BCUT2D eigenvalue weighted by molar-refractivity contribution is -0.134. The van der Waals surface area contributed by atoms with E-state index in [1.165, 1.54) is 25.7 Å². The van der Waals surface area contributed by atoms with Crippen LogP contribution in [0.25, 0.3) is 0 Å². The Labute approximate surface area is 104 Å². The van der Waals surface area contributed by atoms with E-state index >= 15 is 0 Å². The van der Waals surface area contributed by atoms with Gasteiger partial charge in [-0.25, -0.2) is 0 Å². The largest absolute Gasteiger partial charge is 0.342 e. The van der Waals surface area contributed by atoms with E-state index in [9.17, 15) is 4.79 Å². The third-order valence-electron chi connectivity index (χ3n) is 5.18. The predicted molar refractivity (Wildman–Crippen MR) is 67.3 cm³/mol. The highest BCUT2D eigenvalue weighted by molar-refractivity contribution is 5.79. The standard InChI is InChI=1S/C14H24N2O/c1-9(10-5-6-10)14(17)16-7-11-3-2-4-13(15)12(11)8-16/h9-13H,2-8,15H2,1H3. The molecule has 0 aromatic heterocycles. The van der Waals surface area contributed by atoms with Crippen LogP contribution in [0.15, 0.2) is 0 Å². The molecule has 1 saturated heterocycles. The Morgan fingerprint density at radius 1 is 1.24 bits per heavy atom. The minimum absolute atomic E-state index is 0.256. The third kappa shape index (κ3) is 2.10. The van der Waals surface area contributed by atoms with Crippen molar-refractivity contribution in [3.05, 3.63) is 0 Å². The lowest BCUT2D eigenvalue weighted by atomic mass is 9.78. The molecule has 1 aliphatic heterocycles. The number of carbonyl (C=O) groups is 1. The molecule has 1 amide bonds. The maximum Gasteiger partial charge on any atom is 0.225 e. The molecule has 96 valence electrons. The van der Waals surface area contributed by atoms with Crippen molar-refractivity contribution < 1.29 is 4.79 Å². The summed E-state index contributed by atoms with van der Waals surface area (Å²) in [5.74, 6) is 2.60. The molecule has 2 aliphatic carbocycles. The number of amides is 1. The van der Waals surface area contributed by atoms with Crippen LogP contribution >= 0.6 is 0 Å². The number of rotatable bonds is 2. The van der Waals surface area contributed by atoms with Gasteiger partial charge < -0.3 is 10.6 Å². The molecule has 0 aromatic rings. The van der Waals surface area contributed by atoms with Crippen molar-refractivity contribution in [2.45, 2.75) is 45.1 Å². The zero-order chi connectivity index (χ0) is 12.0. The summed E-state index contributed by atoms with van der Waals surface area (Å²) in [6, 6.07) is 0.336. The number of nitrogens with two attached hydrogens (primary N) is 1. The monoisotopic (exact) mass is 236 g/mol. The molecule has 0 spiro atoms. The van der Waals surface area contributed by atoms with Gasteiger partial charge in [0.1, 0.15) is 0 Å². The van der Waals surface area contributed by atoms with E-state index in [0.29, 0.717) is 29.7 Å². The van der Waals surface area contributed by atoms with Crippen molar-refractivity contribution in [1.82, 2.24) is 4.90 Å². The summed E-state index contributed by atoms with van der Waals surface area (Å²) in [6.45, 7) is 4.03. The zero-order valence-electron chi connectivity index (χ0n) is 10.8. The number of carbonyl (C=O) groups excluding carboxylic acids is 1. The van der Waals surface area contributed by atoms with Gasteiger partial charge in [-0.15, -0.1) is 0 Å². The molecule has 0 radical (unpaired) electrons. The molecular weight excluding hydrogens is 212 g/mol. The van der Waals surface area contributed by atoms with Crippen molar-refractivity contribution in [1.29, 1.82) is 0 Å². The van der Waals surface area contributed by atoms with Crippen LogP contribution in [0, 0.1) is 23.7 Å². The first-order chi connectivity index (χ1) is 8.16. The first kappa shape index (κ1) is 11.5. The Morgan fingerprint density at radius 2 is 2.00 bits per heavy atom. The fourth-order valence-electron chi connectivity index (χ4n) is 3.78. The summed E-state index contributed by atoms with van der Waals surface area (Å²) in [7, 11) is 0. The molecule has 3 aliphatic rings. The summed E-state index contributed by atoms with van der Waals surface area (Å²) in [5.41, 5.74) is 6.19. The van der Waals surface area contributed by atoms with Crippen molar-refractivity contribution >= 4 is 5.91 Å². The third-order valence-corrected chi connectivity index (χ3v) is 5.18. The fourth-order valence-corrected chi connectivity index (χ4v) is 3.78. The van der Waals surface area contributed by atoms with Crippen molar-refractivity contribution in [3.8, 4) is 0 Å². The van der Waals surface area contributed by atoms with Crippen molar-refractivity contribution in [2.75, 3.05) is 13.1 Å². The van der Waals surface area contributed by atoms with Crippen molar-refractivity contribution in [2.24, 2.45) is 29.4 Å². The van der Waals surface area contributed by atoms with Gasteiger partial charge in [0.2, 0.25) is 5.91 Å². The Balaban J connectivity index is 1.64. The molecule has 3 heteroatoms. The lowest BCUT2D eigenvalue weighted by Gasteiger charge is -2.29. The van der Waals surface area contributed by atoms with Gasteiger partial charge in [-0.2, -0.15) is 0 Å².